The summed E-state index contributed by atoms with van der Waals surface area (Å²) >= 11 is 0. The fourth-order valence-corrected chi connectivity index (χ4v) is 1.48. The zero-order valence-corrected chi connectivity index (χ0v) is 9.15. The number of oxazole rings is 1. The van der Waals surface area contributed by atoms with E-state index < -0.39 is 24.0 Å². The average Bonchev–Trinajstić information content (AvgIpc) is 2.69. The molecule has 2 rings (SSSR count). The van der Waals surface area contributed by atoms with Crippen LogP contribution in [0.1, 0.15) is 24.3 Å². The van der Waals surface area contributed by atoms with Gasteiger partial charge in [-0.15, -0.1) is 0 Å². The fraction of sp³-hybridized carbons (Fsp3) is 0.273. The Bertz CT molecular complexity index is 603. The zero-order chi connectivity index (χ0) is 13.5. The second-order valence-corrected chi connectivity index (χ2v) is 3.80. The topological polar surface area (TPSA) is 63.3 Å². The minimum absolute atomic E-state index is 0.00655. The lowest BCUT2D eigenvalue weighted by Gasteiger charge is -2.04. The normalized spacial score (nSPS) is 13.8. The molecule has 4 nitrogen and oxygen atoms in total. The predicted molar refractivity (Wildman–Crippen MR) is 55.1 cm³/mol. The van der Waals surface area contributed by atoms with Crippen molar-refractivity contribution in [3.63, 3.8) is 0 Å². The summed E-state index contributed by atoms with van der Waals surface area (Å²) in [5, 5.41) is 8.82. The second kappa shape index (κ2) is 4.01. The molecule has 0 amide bonds. The lowest BCUT2D eigenvalue weighted by molar-refractivity contribution is -0.156. The summed E-state index contributed by atoms with van der Waals surface area (Å²) in [5.74, 6) is -3.22. The van der Waals surface area contributed by atoms with Gasteiger partial charge in [0, 0.05) is 0 Å². The van der Waals surface area contributed by atoms with Crippen LogP contribution in [0.15, 0.2) is 22.6 Å². The van der Waals surface area contributed by atoms with Gasteiger partial charge in [0.1, 0.15) is 5.52 Å². The van der Waals surface area contributed by atoms with Gasteiger partial charge in [0.2, 0.25) is 0 Å². The monoisotopic (exact) mass is 259 g/mol. The zero-order valence-electron chi connectivity index (χ0n) is 9.15. The maximum atomic E-state index is 12.4. The lowest BCUT2D eigenvalue weighted by atomic mass is 10.0. The van der Waals surface area contributed by atoms with Gasteiger partial charge >= 0.3 is 18.0 Å². The first-order valence-electron chi connectivity index (χ1n) is 4.99. The minimum atomic E-state index is -4.66. The highest BCUT2D eigenvalue weighted by Gasteiger charge is 2.37. The largest absolute Gasteiger partial charge is 0.481 e. The number of hydrogen-bond donors (Lipinski definition) is 1. The van der Waals surface area contributed by atoms with Crippen LogP contribution in [0, 0.1) is 0 Å². The summed E-state index contributed by atoms with van der Waals surface area (Å²) in [7, 11) is 0. The van der Waals surface area contributed by atoms with Crippen LogP contribution in [-0.4, -0.2) is 16.1 Å². The van der Waals surface area contributed by atoms with Crippen LogP contribution in [-0.2, 0) is 11.0 Å². The molecule has 0 aliphatic carbocycles. The van der Waals surface area contributed by atoms with Crippen molar-refractivity contribution in [2.75, 3.05) is 0 Å². The van der Waals surface area contributed by atoms with Crippen LogP contribution in [0.3, 0.4) is 0 Å². The Balaban J connectivity index is 2.49. The molecule has 0 bridgehead atoms. The number of carbonyl (C=O) groups is 1. The lowest BCUT2D eigenvalue weighted by Crippen LogP contribution is -2.07. The summed E-state index contributed by atoms with van der Waals surface area (Å²) in [6.45, 7) is 1.44. The minimum Gasteiger partial charge on any atom is -0.481 e. The van der Waals surface area contributed by atoms with Gasteiger partial charge in [0.25, 0.3) is 0 Å². The number of nitrogens with zero attached hydrogens (tertiary/aromatic N) is 1. The molecular weight excluding hydrogens is 251 g/mol. The van der Waals surface area contributed by atoms with E-state index >= 15 is 0 Å². The van der Waals surface area contributed by atoms with Gasteiger partial charge in [-0.1, -0.05) is 6.07 Å². The van der Waals surface area contributed by atoms with Crippen molar-refractivity contribution >= 4 is 17.1 Å². The molecule has 1 heterocycles. The number of carboxylic acids is 1. The first kappa shape index (κ1) is 12.4. The third-order valence-corrected chi connectivity index (χ3v) is 2.52. The van der Waals surface area contributed by atoms with E-state index in [1.54, 1.807) is 0 Å². The highest BCUT2D eigenvalue weighted by Crippen LogP contribution is 2.32. The third-order valence-electron chi connectivity index (χ3n) is 2.52. The third kappa shape index (κ3) is 2.15. The van der Waals surface area contributed by atoms with E-state index in [0.717, 1.165) is 0 Å². The van der Waals surface area contributed by atoms with Crippen molar-refractivity contribution in [3.8, 4) is 0 Å². The predicted octanol–water partition coefficient (Wildman–Crippen LogP) is 3.03. The quantitative estimate of drug-likeness (QED) is 0.900. The smallest absolute Gasteiger partial charge is 0.468 e. The molecule has 1 aromatic heterocycles. The number of aliphatic carboxylic acids is 1. The molecule has 1 unspecified atom stereocenters. The van der Waals surface area contributed by atoms with Crippen LogP contribution in [0.5, 0.6) is 0 Å². The molecular formula is C11H8F3NO3. The molecule has 0 spiro atoms. The molecule has 0 saturated carbocycles. The number of alkyl halides is 3. The van der Waals surface area contributed by atoms with Gasteiger partial charge < -0.3 is 9.52 Å². The van der Waals surface area contributed by atoms with E-state index in [0.29, 0.717) is 5.56 Å². The highest BCUT2D eigenvalue weighted by molar-refractivity contribution is 5.79. The Morgan fingerprint density at radius 3 is 2.67 bits per heavy atom. The van der Waals surface area contributed by atoms with E-state index in [1.165, 1.54) is 25.1 Å². The summed E-state index contributed by atoms with van der Waals surface area (Å²) < 4.78 is 41.6. The van der Waals surface area contributed by atoms with Crippen LogP contribution < -0.4 is 0 Å². The molecule has 1 atom stereocenters. The number of hydrogen-bond acceptors (Lipinski definition) is 3. The van der Waals surface area contributed by atoms with Crippen molar-refractivity contribution in [1.82, 2.24) is 4.98 Å². The van der Waals surface area contributed by atoms with E-state index in [4.69, 9.17) is 5.11 Å². The van der Waals surface area contributed by atoms with Crippen LogP contribution in [0.2, 0.25) is 0 Å². The number of fused-ring (bicyclic) bond motifs is 1. The van der Waals surface area contributed by atoms with Crippen LogP contribution >= 0.6 is 0 Å². The number of halogens is 3. The average molecular weight is 259 g/mol. The summed E-state index contributed by atoms with van der Waals surface area (Å²) in [6, 6.07) is 3.98. The molecule has 0 fully saturated rings. The van der Waals surface area contributed by atoms with Gasteiger partial charge in [0.05, 0.1) is 5.92 Å². The van der Waals surface area contributed by atoms with Crippen molar-refractivity contribution in [2.24, 2.45) is 0 Å². The van der Waals surface area contributed by atoms with Gasteiger partial charge in [-0.05, 0) is 24.6 Å². The maximum Gasteiger partial charge on any atom is 0.468 e. The van der Waals surface area contributed by atoms with Crippen LogP contribution in [0.25, 0.3) is 11.1 Å². The molecule has 96 valence electrons. The molecule has 0 radical (unpaired) electrons. The molecule has 0 saturated heterocycles. The van der Waals surface area contributed by atoms with Crippen molar-refractivity contribution in [3.05, 3.63) is 29.7 Å². The summed E-state index contributed by atoms with van der Waals surface area (Å²) in [4.78, 5) is 14.1. The molecule has 1 N–H and O–H groups in total. The number of carboxylic acid groups (broad SMARTS) is 1. The Hall–Kier alpha value is -2.05. The van der Waals surface area contributed by atoms with E-state index in [1.807, 2.05) is 0 Å². The Morgan fingerprint density at radius 2 is 2.11 bits per heavy atom. The van der Waals surface area contributed by atoms with Gasteiger partial charge in [-0.2, -0.15) is 13.2 Å². The molecule has 7 heteroatoms. The number of aromatic nitrogens is 1. The molecule has 1 aromatic carbocycles. The molecule has 18 heavy (non-hydrogen) atoms. The molecule has 2 aromatic rings. The Kier molecular flexibility index (Phi) is 2.76. The summed E-state index contributed by atoms with van der Waals surface area (Å²) in [6.07, 6.45) is -4.66. The molecule has 0 aliphatic heterocycles. The van der Waals surface area contributed by atoms with Crippen molar-refractivity contribution in [1.29, 1.82) is 0 Å². The maximum absolute atomic E-state index is 12.4. The standard InChI is InChI=1S/C11H8F3NO3/c1-5(9(16)17)6-2-3-8-7(4-6)15-10(18-8)11(12,13)14/h2-5H,1H3,(H,16,17). The van der Waals surface area contributed by atoms with E-state index in [9.17, 15) is 18.0 Å². The van der Waals surface area contributed by atoms with Crippen molar-refractivity contribution < 1.29 is 27.5 Å². The first-order valence-corrected chi connectivity index (χ1v) is 4.99. The second-order valence-electron chi connectivity index (χ2n) is 3.80. The van der Waals surface area contributed by atoms with Gasteiger partial charge in [0.15, 0.2) is 5.58 Å². The Labute approximate surface area is 99.0 Å². The fourth-order valence-electron chi connectivity index (χ4n) is 1.48. The summed E-state index contributed by atoms with van der Waals surface area (Å²) in [5.41, 5.74) is 0.341. The first-order chi connectivity index (χ1) is 8.29. The van der Waals surface area contributed by atoms with E-state index in [2.05, 4.69) is 9.40 Å². The van der Waals surface area contributed by atoms with Crippen molar-refractivity contribution in [2.45, 2.75) is 19.0 Å². The van der Waals surface area contributed by atoms with E-state index in [-0.39, 0.29) is 11.1 Å². The molecule has 0 aliphatic rings. The number of rotatable bonds is 2. The highest BCUT2D eigenvalue weighted by atomic mass is 19.4. The Morgan fingerprint density at radius 1 is 1.44 bits per heavy atom. The van der Waals surface area contributed by atoms with Gasteiger partial charge in [-0.3, -0.25) is 4.79 Å². The van der Waals surface area contributed by atoms with Gasteiger partial charge in [-0.25, -0.2) is 4.98 Å². The number of benzene rings is 1. The van der Waals surface area contributed by atoms with Crippen LogP contribution in [0.4, 0.5) is 13.2 Å². The SMILES string of the molecule is CC(C(=O)O)c1ccc2oc(C(F)(F)F)nc2c1.